The van der Waals surface area contributed by atoms with E-state index in [1.54, 1.807) is 11.6 Å². The highest BCUT2D eigenvalue weighted by Gasteiger charge is 2.40. The van der Waals surface area contributed by atoms with E-state index in [1.807, 2.05) is 0 Å². The van der Waals surface area contributed by atoms with Crippen molar-refractivity contribution in [1.29, 1.82) is 0 Å². The van der Waals surface area contributed by atoms with Crippen molar-refractivity contribution in [1.82, 2.24) is 14.1 Å². The van der Waals surface area contributed by atoms with E-state index in [4.69, 9.17) is 11.6 Å². The van der Waals surface area contributed by atoms with Crippen molar-refractivity contribution in [3.05, 3.63) is 16.7 Å². The first-order valence-electron chi connectivity index (χ1n) is 6.16. The van der Waals surface area contributed by atoms with Crippen molar-refractivity contribution in [3.8, 4) is 0 Å². The Morgan fingerprint density at radius 1 is 1.63 bits per heavy atom. The zero-order valence-electron chi connectivity index (χ0n) is 10.3. The molecule has 0 aromatic carbocycles. The van der Waals surface area contributed by atoms with Crippen molar-refractivity contribution in [2.45, 2.75) is 37.3 Å². The molecule has 1 saturated carbocycles. The largest absolute Gasteiger partial charge is 0.279 e. The first kappa shape index (κ1) is 13.4. The van der Waals surface area contributed by atoms with E-state index in [0.29, 0.717) is 10.9 Å². The maximum atomic E-state index is 12.4. The summed E-state index contributed by atoms with van der Waals surface area (Å²) < 4.78 is 29.0. The minimum Gasteiger partial charge on any atom is -0.279 e. The number of nitrogens with one attached hydrogen (secondary N) is 1. The molecule has 19 heavy (non-hydrogen) atoms. The summed E-state index contributed by atoms with van der Waals surface area (Å²) in [6.45, 7) is 2.10. The summed E-state index contributed by atoms with van der Waals surface area (Å²) in [4.78, 5) is 4.64. The van der Waals surface area contributed by atoms with Crippen LogP contribution < -0.4 is 4.72 Å². The molecule has 0 saturated heterocycles. The molecule has 0 amide bonds. The first-order chi connectivity index (χ1) is 9.03. The maximum absolute atomic E-state index is 12.4. The molecule has 2 atom stereocenters. The summed E-state index contributed by atoms with van der Waals surface area (Å²) in [5.41, 5.74) is 0. The molecule has 1 aliphatic rings. The van der Waals surface area contributed by atoms with Gasteiger partial charge < -0.3 is 0 Å². The summed E-state index contributed by atoms with van der Waals surface area (Å²) in [7, 11) is -3.61. The predicted molar refractivity (Wildman–Crippen MR) is 75.2 cm³/mol. The number of sulfonamides is 1. The van der Waals surface area contributed by atoms with Gasteiger partial charge in [-0.2, -0.15) is 0 Å². The fraction of sp³-hybridized carbons (Fsp3) is 0.545. The van der Waals surface area contributed by atoms with Crippen LogP contribution in [0.2, 0.25) is 5.15 Å². The number of imidazole rings is 1. The second kappa shape index (κ2) is 4.73. The van der Waals surface area contributed by atoms with Crippen molar-refractivity contribution in [3.63, 3.8) is 0 Å². The highest BCUT2D eigenvalue weighted by molar-refractivity contribution is 7.89. The van der Waals surface area contributed by atoms with Gasteiger partial charge in [0.05, 0.1) is 0 Å². The number of nitrogens with zero attached hydrogens (tertiary/aromatic N) is 2. The Labute approximate surface area is 120 Å². The van der Waals surface area contributed by atoms with Gasteiger partial charge in [0.2, 0.25) is 0 Å². The van der Waals surface area contributed by atoms with Crippen LogP contribution >= 0.6 is 22.9 Å². The molecule has 0 spiro atoms. The van der Waals surface area contributed by atoms with E-state index in [-0.39, 0.29) is 16.2 Å². The highest BCUT2D eigenvalue weighted by Crippen LogP contribution is 2.36. The van der Waals surface area contributed by atoms with Gasteiger partial charge in [0, 0.05) is 17.6 Å². The molecule has 1 fully saturated rings. The van der Waals surface area contributed by atoms with Crippen molar-refractivity contribution < 1.29 is 8.42 Å². The maximum Gasteiger partial charge on any atom is 0.260 e. The lowest BCUT2D eigenvalue weighted by Gasteiger charge is -2.05. The van der Waals surface area contributed by atoms with Crippen molar-refractivity contribution >= 4 is 37.9 Å². The molecule has 0 aliphatic heterocycles. The van der Waals surface area contributed by atoms with Crippen LogP contribution in [-0.2, 0) is 10.0 Å². The lowest BCUT2D eigenvalue weighted by atomic mass is 10.2. The number of fused-ring (bicyclic) bond motifs is 1. The van der Waals surface area contributed by atoms with Crippen LogP contribution in [0.1, 0.15) is 26.2 Å². The number of aromatic nitrogens is 2. The van der Waals surface area contributed by atoms with E-state index in [0.717, 1.165) is 19.3 Å². The minimum absolute atomic E-state index is 0.0343. The molecule has 5 nitrogen and oxygen atoms in total. The van der Waals surface area contributed by atoms with Gasteiger partial charge in [-0.1, -0.05) is 24.9 Å². The Balaban J connectivity index is 1.88. The zero-order chi connectivity index (χ0) is 13.6. The number of thiazole rings is 1. The molecule has 2 heterocycles. The van der Waals surface area contributed by atoms with Crippen LogP contribution in [0.25, 0.3) is 4.96 Å². The predicted octanol–water partition coefficient (Wildman–Crippen LogP) is 2.52. The molecule has 8 heteroatoms. The molecular formula is C11H14ClN3O2S2. The summed E-state index contributed by atoms with van der Waals surface area (Å²) in [5.74, 6) is 0.462. The normalized spacial score (nSPS) is 23.1. The summed E-state index contributed by atoms with van der Waals surface area (Å²) in [6, 6.07) is 0.0465. The Morgan fingerprint density at radius 3 is 3.16 bits per heavy atom. The van der Waals surface area contributed by atoms with Gasteiger partial charge in [0.25, 0.3) is 10.0 Å². The number of rotatable bonds is 5. The minimum atomic E-state index is -3.61. The third-order valence-corrected chi connectivity index (χ3v) is 5.97. The summed E-state index contributed by atoms with van der Waals surface area (Å²) in [6.07, 6.45) is 4.71. The van der Waals surface area contributed by atoms with Crippen LogP contribution in [0.15, 0.2) is 16.6 Å². The third kappa shape index (κ3) is 2.40. The molecule has 1 N–H and O–H groups in total. The van der Waals surface area contributed by atoms with Gasteiger partial charge in [0.15, 0.2) is 15.1 Å². The fourth-order valence-electron chi connectivity index (χ4n) is 2.32. The summed E-state index contributed by atoms with van der Waals surface area (Å²) in [5, 5.41) is 1.87. The Bertz CT molecular complexity index is 707. The molecule has 0 radical (unpaired) electrons. The van der Waals surface area contributed by atoms with E-state index in [9.17, 15) is 8.42 Å². The molecule has 3 rings (SSSR count). The molecule has 2 aromatic heterocycles. The Morgan fingerprint density at radius 2 is 2.42 bits per heavy atom. The van der Waals surface area contributed by atoms with Crippen molar-refractivity contribution in [2.24, 2.45) is 5.92 Å². The second-order valence-electron chi connectivity index (χ2n) is 4.78. The first-order valence-corrected chi connectivity index (χ1v) is 8.90. The topological polar surface area (TPSA) is 63.5 Å². The van der Waals surface area contributed by atoms with Crippen LogP contribution in [-0.4, -0.2) is 23.8 Å². The van der Waals surface area contributed by atoms with Crippen LogP contribution in [0.4, 0.5) is 0 Å². The average Bonchev–Trinajstić information content (AvgIpc) is 2.73. The summed E-state index contributed by atoms with van der Waals surface area (Å²) >= 11 is 7.31. The fourth-order valence-corrected chi connectivity index (χ4v) is 5.09. The zero-order valence-corrected chi connectivity index (χ0v) is 12.7. The lowest BCUT2D eigenvalue weighted by molar-refractivity contribution is 0.568. The molecule has 2 aromatic rings. The van der Waals surface area contributed by atoms with Crippen LogP contribution in [0.3, 0.4) is 0 Å². The average molecular weight is 320 g/mol. The molecule has 1 aliphatic carbocycles. The van der Waals surface area contributed by atoms with E-state index in [1.165, 1.54) is 15.7 Å². The molecule has 0 bridgehead atoms. The van der Waals surface area contributed by atoms with Gasteiger partial charge in [-0.25, -0.2) is 18.1 Å². The lowest BCUT2D eigenvalue weighted by Crippen LogP contribution is -2.28. The van der Waals surface area contributed by atoms with E-state index in [2.05, 4.69) is 16.6 Å². The number of hydrogen-bond acceptors (Lipinski definition) is 4. The monoisotopic (exact) mass is 319 g/mol. The Kier molecular flexibility index (Phi) is 3.33. The number of hydrogen-bond donors (Lipinski definition) is 1. The van der Waals surface area contributed by atoms with Crippen molar-refractivity contribution in [2.75, 3.05) is 0 Å². The second-order valence-corrected chi connectivity index (χ2v) is 7.64. The number of halogens is 1. The SMILES string of the molecule is CCCC1CC1NS(=O)(=O)c1c(Cl)nc2sccn12. The third-order valence-electron chi connectivity index (χ3n) is 3.32. The van der Waals surface area contributed by atoms with Crippen LogP contribution in [0.5, 0.6) is 0 Å². The van der Waals surface area contributed by atoms with Gasteiger partial charge >= 0.3 is 0 Å². The van der Waals surface area contributed by atoms with Gasteiger partial charge in [0.1, 0.15) is 0 Å². The molecular weight excluding hydrogens is 306 g/mol. The molecule has 2 unspecified atom stereocenters. The van der Waals surface area contributed by atoms with Crippen LogP contribution in [0, 0.1) is 5.92 Å². The quantitative estimate of drug-likeness (QED) is 0.921. The van der Waals surface area contributed by atoms with E-state index >= 15 is 0 Å². The highest BCUT2D eigenvalue weighted by atomic mass is 35.5. The smallest absolute Gasteiger partial charge is 0.260 e. The van der Waals surface area contributed by atoms with E-state index < -0.39 is 10.0 Å². The molecule has 104 valence electrons. The van der Waals surface area contributed by atoms with Gasteiger partial charge in [-0.15, -0.1) is 11.3 Å². The Hall–Kier alpha value is -0.630. The van der Waals surface area contributed by atoms with Gasteiger partial charge in [-0.3, -0.25) is 4.40 Å². The standard InChI is InChI=1S/C11H14ClN3O2S2/c1-2-3-7-6-8(7)14-19(16,17)10-9(12)13-11-15(10)4-5-18-11/h4-5,7-8,14H,2-3,6H2,1H3. The van der Waals surface area contributed by atoms with Gasteiger partial charge in [-0.05, 0) is 18.8 Å².